The van der Waals surface area contributed by atoms with Gasteiger partial charge in [0, 0.05) is 17.2 Å². The number of H-pyrrole nitrogens is 1. The molecule has 0 saturated heterocycles. The maximum absolute atomic E-state index is 12.2. The number of fused-ring (bicyclic) bond motifs is 1. The number of aliphatic hydroxyl groups excluding tert-OH is 1. The molecule has 3 rings (SSSR count). The minimum absolute atomic E-state index is 0.124. The summed E-state index contributed by atoms with van der Waals surface area (Å²) in [4.78, 5) is 35.2. The summed E-state index contributed by atoms with van der Waals surface area (Å²) >= 11 is 0. The Labute approximate surface area is 149 Å². The molecule has 0 fully saturated rings. The molecule has 3 aromatic heterocycles. The van der Waals surface area contributed by atoms with E-state index in [9.17, 15) is 14.7 Å². The Morgan fingerprint density at radius 1 is 1.31 bits per heavy atom. The van der Waals surface area contributed by atoms with Crippen molar-refractivity contribution in [2.75, 3.05) is 11.9 Å². The summed E-state index contributed by atoms with van der Waals surface area (Å²) in [5.74, 6) is 0.274. The highest BCUT2D eigenvalue weighted by atomic mass is 16.3. The summed E-state index contributed by atoms with van der Waals surface area (Å²) in [6, 6.07) is 3.38. The largest absolute Gasteiger partial charge is 0.394 e. The molecule has 136 valence electrons. The van der Waals surface area contributed by atoms with Crippen molar-refractivity contribution in [2.24, 2.45) is 5.41 Å². The van der Waals surface area contributed by atoms with Crippen molar-refractivity contribution < 1.29 is 9.90 Å². The van der Waals surface area contributed by atoms with E-state index < -0.39 is 5.41 Å². The van der Waals surface area contributed by atoms with E-state index in [0.717, 1.165) is 0 Å². The Balaban J connectivity index is 2.00. The molecule has 9 heteroatoms. The Morgan fingerprint density at radius 2 is 2.08 bits per heavy atom. The molecule has 0 aliphatic carbocycles. The summed E-state index contributed by atoms with van der Waals surface area (Å²) in [6.45, 7) is 5.54. The quantitative estimate of drug-likeness (QED) is 0.644. The standard InChI is InChI=1S/C17H20N6O3/c1-17(2,3)16(26)21-11-5-4-10(8-18-11)13-12-14(19-9-20-15(12)25)23(22-13)6-7-24/h4-5,8-9,24H,6-7H2,1-3H3,(H,18,21,26)(H,19,20,25). The number of rotatable bonds is 4. The average molecular weight is 356 g/mol. The van der Waals surface area contributed by atoms with E-state index in [2.05, 4.69) is 25.4 Å². The monoisotopic (exact) mass is 356 g/mol. The fraction of sp³-hybridized carbons (Fsp3) is 0.353. The van der Waals surface area contributed by atoms with Crippen molar-refractivity contribution in [2.45, 2.75) is 27.3 Å². The second kappa shape index (κ2) is 6.68. The van der Waals surface area contributed by atoms with Crippen molar-refractivity contribution in [3.05, 3.63) is 35.0 Å². The molecule has 0 aliphatic heterocycles. The van der Waals surface area contributed by atoms with Gasteiger partial charge in [-0.05, 0) is 12.1 Å². The zero-order chi connectivity index (χ0) is 18.9. The van der Waals surface area contributed by atoms with E-state index in [4.69, 9.17) is 0 Å². The molecule has 0 bridgehead atoms. The highest BCUT2D eigenvalue weighted by Crippen LogP contribution is 2.25. The van der Waals surface area contributed by atoms with Crippen LogP contribution in [0.4, 0.5) is 5.82 Å². The first-order valence-electron chi connectivity index (χ1n) is 8.14. The number of aromatic amines is 1. The Hall–Kier alpha value is -3.07. The summed E-state index contributed by atoms with van der Waals surface area (Å²) in [5, 5.41) is 16.6. The lowest BCUT2D eigenvalue weighted by molar-refractivity contribution is -0.123. The van der Waals surface area contributed by atoms with E-state index in [0.29, 0.717) is 28.1 Å². The van der Waals surface area contributed by atoms with E-state index in [1.165, 1.54) is 17.2 Å². The van der Waals surface area contributed by atoms with Gasteiger partial charge in [-0.15, -0.1) is 0 Å². The van der Waals surface area contributed by atoms with Crippen LogP contribution in [0.15, 0.2) is 29.5 Å². The number of anilines is 1. The fourth-order valence-electron chi connectivity index (χ4n) is 2.38. The molecule has 3 aromatic rings. The molecule has 0 aliphatic rings. The van der Waals surface area contributed by atoms with E-state index >= 15 is 0 Å². The first kappa shape index (κ1) is 17.7. The molecular formula is C17H20N6O3. The summed E-state index contributed by atoms with van der Waals surface area (Å²) < 4.78 is 1.48. The van der Waals surface area contributed by atoms with Crippen LogP contribution in [0.25, 0.3) is 22.3 Å². The van der Waals surface area contributed by atoms with E-state index in [1.54, 1.807) is 12.1 Å². The zero-order valence-electron chi connectivity index (χ0n) is 14.8. The molecule has 3 heterocycles. The number of aliphatic hydroxyl groups is 1. The van der Waals surface area contributed by atoms with Gasteiger partial charge in [0.2, 0.25) is 5.91 Å². The number of hydrogen-bond donors (Lipinski definition) is 3. The van der Waals surface area contributed by atoms with Crippen molar-refractivity contribution >= 4 is 22.8 Å². The lowest BCUT2D eigenvalue weighted by Crippen LogP contribution is -2.27. The molecule has 26 heavy (non-hydrogen) atoms. The number of hydrogen-bond acceptors (Lipinski definition) is 6. The number of carbonyl (C=O) groups is 1. The number of nitrogens with zero attached hydrogens (tertiary/aromatic N) is 4. The van der Waals surface area contributed by atoms with Gasteiger partial charge in [-0.25, -0.2) is 14.6 Å². The summed E-state index contributed by atoms with van der Waals surface area (Å²) in [5.41, 5.74) is 0.573. The van der Waals surface area contributed by atoms with Crippen molar-refractivity contribution in [3.8, 4) is 11.3 Å². The van der Waals surface area contributed by atoms with Crippen LogP contribution < -0.4 is 10.9 Å². The number of carbonyl (C=O) groups excluding carboxylic acids is 1. The average Bonchev–Trinajstić information content (AvgIpc) is 2.95. The van der Waals surface area contributed by atoms with E-state index in [1.807, 2.05) is 20.8 Å². The van der Waals surface area contributed by atoms with Gasteiger partial charge < -0.3 is 15.4 Å². The minimum atomic E-state index is -0.529. The normalized spacial score (nSPS) is 11.7. The van der Waals surface area contributed by atoms with Gasteiger partial charge in [-0.2, -0.15) is 5.10 Å². The topological polar surface area (TPSA) is 126 Å². The van der Waals surface area contributed by atoms with Crippen LogP contribution in [-0.4, -0.2) is 42.4 Å². The Kier molecular flexibility index (Phi) is 4.56. The molecule has 0 saturated carbocycles. The van der Waals surface area contributed by atoms with Crippen molar-refractivity contribution in [1.29, 1.82) is 0 Å². The fourth-order valence-corrected chi connectivity index (χ4v) is 2.38. The summed E-state index contributed by atoms with van der Waals surface area (Å²) in [7, 11) is 0. The van der Waals surface area contributed by atoms with Crippen LogP contribution in [0.2, 0.25) is 0 Å². The van der Waals surface area contributed by atoms with Crippen LogP contribution in [-0.2, 0) is 11.3 Å². The number of amides is 1. The Morgan fingerprint density at radius 3 is 2.69 bits per heavy atom. The Bertz CT molecular complexity index is 998. The number of pyridine rings is 1. The molecule has 1 amide bonds. The van der Waals surface area contributed by atoms with Crippen LogP contribution in [0.5, 0.6) is 0 Å². The molecule has 0 aromatic carbocycles. The van der Waals surface area contributed by atoms with Crippen molar-refractivity contribution in [3.63, 3.8) is 0 Å². The maximum Gasteiger partial charge on any atom is 0.262 e. The minimum Gasteiger partial charge on any atom is -0.394 e. The van der Waals surface area contributed by atoms with Crippen LogP contribution in [0.1, 0.15) is 20.8 Å². The SMILES string of the molecule is CC(C)(C)C(=O)Nc1ccc(-c2nn(CCO)c3nc[nH]c(=O)c23)cn1. The third-order valence-corrected chi connectivity index (χ3v) is 3.81. The molecule has 0 atom stereocenters. The van der Waals surface area contributed by atoms with Crippen LogP contribution in [0.3, 0.4) is 0 Å². The smallest absolute Gasteiger partial charge is 0.262 e. The first-order valence-corrected chi connectivity index (χ1v) is 8.14. The number of nitrogens with one attached hydrogen (secondary N) is 2. The van der Waals surface area contributed by atoms with Gasteiger partial charge in [0.05, 0.1) is 19.5 Å². The first-order chi connectivity index (χ1) is 12.3. The molecule has 0 unspecified atom stereocenters. The van der Waals surface area contributed by atoms with Gasteiger partial charge in [0.1, 0.15) is 16.9 Å². The molecule has 0 radical (unpaired) electrons. The third-order valence-electron chi connectivity index (χ3n) is 3.81. The molecule has 0 spiro atoms. The van der Waals surface area contributed by atoms with Gasteiger partial charge in [-0.3, -0.25) is 9.59 Å². The molecule has 9 nitrogen and oxygen atoms in total. The second-order valence-electron chi connectivity index (χ2n) is 6.86. The predicted octanol–water partition coefficient (Wildman–Crippen LogP) is 1.16. The molecule has 3 N–H and O–H groups in total. The van der Waals surface area contributed by atoms with E-state index in [-0.39, 0.29) is 24.6 Å². The van der Waals surface area contributed by atoms with Crippen molar-refractivity contribution in [1.82, 2.24) is 24.7 Å². The van der Waals surface area contributed by atoms with Gasteiger partial charge in [0.25, 0.3) is 5.56 Å². The van der Waals surface area contributed by atoms with Gasteiger partial charge >= 0.3 is 0 Å². The van der Waals surface area contributed by atoms with Gasteiger partial charge in [0.15, 0.2) is 5.65 Å². The van der Waals surface area contributed by atoms with Crippen LogP contribution in [0, 0.1) is 5.41 Å². The second-order valence-corrected chi connectivity index (χ2v) is 6.86. The third kappa shape index (κ3) is 3.33. The van der Waals surface area contributed by atoms with Crippen LogP contribution >= 0.6 is 0 Å². The number of aromatic nitrogens is 5. The summed E-state index contributed by atoms with van der Waals surface area (Å²) in [6.07, 6.45) is 2.84. The maximum atomic E-state index is 12.2. The highest BCUT2D eigenvalue weighted by molar-refractivity contribution is 5.94. The van der Waals surface area contributed by atoms with Gasteiger partial charge in [-0.1, -0.05) is 20.8 Å². The highest BCUT2D eigenvalue weighted by Gasteiger charge is 2.22. The lowest BCUT2D eigenvalue weighted by Gasteiger charge is -2.17. The molecular weight excluding hydrogens is 336 g/mol. The predicted molar refractivity (Wildman–Crippen MR) is 96.6 cm³/mol. The zero-order valence-corrected chi connectivity index (χ0v) is 14.8. The lowest BCUT2D eigenvalue weighted by atomic mass is 9.96.